The Balaban J connectivity index is 1.83. The second-order valence-electron chi connectivity index (χ2n) is 7.80. The molecule has 1 aromatic rings. The molecule has 0 aliphatic carbocycles. The summed E-state index contributed by atoms with van der Waals surface area (Å²) < 4.78 is 5.61. The summed E-state index contributed by atoms with van der Waals surface area (Å²) in [6.07, 6.45) is 7.38. The van der Waals surface area contributed by atoms with E-state index >= 15 is 0 Å². The molecule has 1 atom stereocenters. The fraction of sp³-hybridized carbons (Fsp3) is 0.684. The first kappa shape index (κ1) is 17.1. The number of aromatic nitrogens is 1. The van der Waals surface area contributed by atoms with Crippen molar-refractivity contribution in [3.63, 3.8) is 0 Å². The molecule has 2 aliphatic rings. The Morgan fingerprint density at radius 2 is 1.92 bits per heavy atom. The van der Waals surface area contributed by atoms with Crippen LogP contribution < -0.4 is 4.90 Å². The maximum Gasteiger partial charge on any atom is 0.410 e. The minimum Gasteiger partial charge on any atom is -0.444 e. The van der Waals surface area contributed by atoms with E-state index in [2.05, 4.69) is 16.0 Å². The maximum atomic E-state index is 12.6. The highest BCUT2D eigenvalue weighted by Crippen LogP contribution is 2.37. The second-order valence-corrected chi connectivity index (χ2v) is 7.80. The van der Waals surface area contributed by atoms with Gasteiger partial charge in [0.25, 0.3) is 0 Å². The van der Waals surface area contributed by atoms with Crippen molar-refractivity contribution < 1.29 is 9.53 Å². The number of likely N-dealkylation sites (tertiary alicyclic amines) is 1. The molecule has 5 nitrogen and oxygen atoms in total. The lowest BCUT2D eigenvalue weighted by atomic mass is 10.0. The largest absolute Gasteiger partial charge is 0.444 e. The third kappa shape index (κ3) is 3.82. The van der Waals surface area contributed by atoms with E-state index in [1.54, 1.807) is 0 Å². The number of ether oxygens (including phenoxy) is 1. The Morgan fingerprint density at radius 3 is 2.62 bits per heavy atom. The van der Waals surface area contributed by atoms with Gasteiger partial charge in [0.1, 0.15) is 11.4 Å². The van der Waals surface area contributed by atoms with Gasteiger partial charge in [0, 0.05) is 31.4 Å². The van der Waals surface area contributed by atoms with Gasteiger partial charge < -0.3 is 14.5 Å². The minimum atomic E-state index is -0.463. The van der Waals surface area contributed by atoms with Crippen LogP contribution in [0.5, 0.6) is 0 Å². The molecule has 24 heavy (non-hydrogen) atoms. The van der Waals surface area contributed by atoms with E-state index in [0.29, 0.717) is 0 Å². The molecule has 2 aliphatic heterocycles. The molecular weight excluding hydrogens is 302 g/mol. The van der Waals surface area contributed by atoms with Crippen molar-refractivity contribution in [3.8, 4) is 0 Å². The lowest BCUT2D eigenvalue weighted by Gasteiger charge is -2.33. The number of pyridine rings is 1. The summed E-state index contributed by atoms with van der Waals surface area (Å²) in [4.78, 5) is 21.5. The van der Waals surface area contributed by atoms with Crippen LogP contribution in [0, 0.1) is 0 Å². The molecule has 3 rings (SSSR count). The Hall–Kier alpha value is -1.78. The van der Waals surface area contributed by atoms with Crippen molar-refractivity contribution in [1.29, 1.82) is 0 Å². The third-order valence-electron chi connectivity index (χ3n) is 4.71. The molecule has 0 saturated carbocycles. The number of anilines is 1. The number of nitrogens with zero attached hydrogens (tertiary/aromatic N) is 3. The number of carbonyl (C=O) groups excluding carboxylic acids is 1. The van der Waals surface area contributed by atoms with Crippen LogP contribution >= 0.6 is 0 Å². The van der Waals surface area contributed by atoms with Gasteiger partial charge in [0.15, 0.2) is 0 Å². The van der Waals surface area contributed by atoms with Crippen molar-refractivity contribution >= 4 is 11.9 Å². The Labute approximate surface area is 145 Å². The molecule has 0 radical (unpaired) electrons. The Kier molecular flexibility index (Phi) is 4.97. The van der Waals surface area contributed by atoms with Crippen LogP contribution in [0.2, 0.25) is 0 Å². The lowest BCUT2D eigenvalue weighted by Crippen LogP contribution is -2.37. The first-order chi connectivity index (χ1) is 11.5. The SMILES string of the molecule is CC(C)(C)OC(=O)N1CCCC1c1cccnc1N1CCCCC1. The zero-order valence-electron chi connectivity index (χ0n) is 15.1. The van der Waals surface area contributed by atoms with Gasteiger partial charge in [-0.3, -0.25) is 0 Å². The van der Waals surface area contributed by atoms with Crippen molar-refractivity contribution in [1.82, 2.24) is 9.88 Å². The van der Waals surface area contributed by atoms with E-state index in [9.17, 15) is 4.79 Å². The molecule has 1 amide bonds. The average molecular weight is 331 g/mol. The fourth-order valence-corrected chi connectivity index (χ4v) is 3.67. The Bertz CT molecular complexity index is 576. The van der Waals surface area contributed by atoms with E-state index in [1.807, 2.05) is 37.9 Å². The number of hydrogen-bond acceptors (Lipinski definition) is 4. The third-order valence-corrected chi connectivity index (χ3v) is 4.71. The molecule has 0 bridgehead atoms. The molecule has 0 N–H and O–H groups in total. The standard InChI is InChI=1S/C19H29N3O2/c1-19(2,3)24-18(23)22-14-8-10-16(22)15-9-7-11-20-17(15)21-12-5-4-6-13-21/h7,9,11,16H,4-6,8,10,12-14H2,1-3H3. The average Bonchev–Trinajstić information content (AvgIpc) is 3.04. The number of carbonyl (C=O) groups is 1. The van der Waals surface area contributed by atoms with Crippen LogP contribution in [0.4, 0.5) is 10.6 Å². The highest BCUT2D eigenvalue weighted by atomic mass is 16.6. The number of piperidine rings is 1. The van der Waals surface area contributed by atoms with Crippen LogP contribution in [0.3, 0.4) is 0 Å². The van der Waals surface area contributed by atoms with Gasteiger partial charge in [-0.15, -0.1) is 0 Å². The van der Waals surface area contributed by atoms with Gasteiger partial charge >= 0.3 is 6.09 Å². The van der Waals surface area contributed by atoms with E-state index in [4.69, 9.17) is 4.74 Å². The van der Waals surface area contributed by atoms with Crippen LogP contribution in [-0.4, -0.2) is 41.2 Å². The quantitative estimate of drug-likeness (QED) is 0.817. The molecule has 132 valence electrons. The molecule has 0 spiro atoms. The summed E-state index contributed by atoms with van der Waals surface area (Å²) in [6, 6.07) is 4.18. The molecule has 3 heterocycles. The predicted octanol–water partition coefficient (Wildman–Crippen LogP) is 4.14. The van der Waals surface area contributed by atoms with Crippen LogP contribution in [0.1, 0.15) is 64.5 Å². The summed E-state index contributed by atoms with van der Waals surface area (Å²) in [5, 5.41) is 0. The molecule has 0 aromatic carbocycles. The molecule has 1 unspecified atom stereocenters. The van der Waals surface area contributed by atoms with Gasteiger partial charge in [0.05, 0.1) is 6.04 Å². The number of rotatable bonds is 2. The molecule has 5 heteroatoms. The van der Waals surface area contributed by atoms with Crippen LogP contribution in [0.25, 0.3) is 0 Å². The zero-order valence-corrected chi connectivity index (χ0v) is 15.1. The molecule has 2 fully saturated rings. The van der Waals surface area contributed by atoms with E-state index in [1.165, 1.54) is 24.8 Å². The molecule has 1 aromatic heterocycles. The highest BCUT2D eigenvalue weighted by molar-refractivity contribution is 5.70. The summed E-state index contributed by atoms with van der Waals surface area (Å²) in [7, 11) is 0. The van der Waals surface area contributed by atoms with Crippen LogP contribution in [-0.2, 0) is 4.74 Å². The van der Waals surface area contributed by atoms with Gasteiger partial charge in [-0.05, 0) is 58.9 Å². The first-order valence-corrected chi connectivity index (χ1v) is 9.15. The summed E-state index contributed by atoms with van der Waals surface area (Å²) in [5.41, 5.74) is 0.706. The first-order valence-electron chi connectivity index (χ1n) is 9.15. The van der Waals surface area contributed by atoms with Crippen molar-refractivity contribution in [3.05, 3.63) is 23.9 Å². The van der Waals surface area contributed by atoms with Crippen molar-refractivity contribution in [2.75, 3.05) is 24.5 Å². The molecule has 2 saturated heterocycles. The second kappa shape index (κ2) is 6.99. The normalized spacial score (nSPS) is 21.9. The predicted molar refractivity (Wildman–Crippen MR) is 95.2 cm³/mol. The highest BCUT2D eigenvalue weighted by Gasteiger charge is 2.35. The lowest BCUT2D eigenvalue weighted by molar-refractivity contribution is 0.0224. The summed E-state index contributed by atoms with van der Waals surface area (Å²) in [5.74, 6) is 1.05. The van der Waals surface area contributed by atoms with Gasteiger partial charge in [-0.2, -0.15) is 0 Å². The monoisotopic (exact) mass is 331 g/mol. The molecular formula is C19H29N3O2. The maximum absolute atomic E-state index is 12.6. The zero-order chi connectivity index (χ0) is 17.2. The van der Waals surface area contributed by atoms with E-state index in [-0.39, 0.29) is 12.1 Å². The van der Waals surface area contributed by atoms with Gasteiger partial charge in [-0.1, -0.05) is 6.07 Å². The van der Waals surface area contributed by atoms with Gasteiger partial charge in [0.2, 0.25) is 0 Å². The fourth-order valence-electron chi connectivity index (χ4n) is 3.67. The van der Waals surface area contributed by atoms with E-state index in [0.717, 1.165) is 38.3 Å². The topological polar surface area (TPSA) is 45.7 Å². The summed E-state index contributed by atoms with van der Waals surface area (Å²) >= 11 is 0. The van der Waals surface area contributed by atoms with Crippen molar-refractivity contribution in [2.45, 2.75) is 64.5 Å². The van der Waals surface area contributed by atoms with Gasteiger partial charge in [-0.25, -0.2) is 9.78 Å². The Morgan fingerprint density at radius 1 is 1.17 bits per heavy atom. The number of hydrogen-bond donors (Lipinski definition) is 0. The number of amides is 1. The van der Waals surface area contributed by atoms with Crippen molar-refractivity contribution in [2.24, 2.45) is 0 Å². The minimum absolute atomic E-state index is 0.0745. The summed E-state index contributed by atoms with van der Waals surface area (Å²) in [6.45, 7) is 8.62. The van der Waals surface area contributed by atoms with Crippen LogP contribution in [0.15, 0.2) is 18.3 Å². The van der Waals surface area contributed by atoms with E-state index < -0.39 is 5.60 Å². The smallest absolute Gasteiger partial charge is 0.410 e.